The van der Waals surface area contributed by atoms with Gasteiger partial charge in [-0.05, 0) is 35.9 Å². The number of piperazine rings is 1. The topological polar surface area (TPSA) is 43.9 Å². The largest absolute Gasteiger partial charge is 0.368 e. The van der Waals surface area contributed by atoms with Crippen LogP contribution in [0, 0.1) is 0 Å². The maximum Gasteiger partial charge on any atom is 0.246 e. The fraction of sp³-hybridized carbons (Fsp3) is 0.364. The number of hydrogen-bond acceptors (Lipinski definition) is 3. The summed E-state index contributed by atoms with van der Waals surface area (Å²) in [7, 11) is 0. The van der Waals surface area contributed by atoms with Crippen LogP contribution in [0.3, 0.4) is 0 Å². The standard InChI is InChI=1S/C22H24ClN3O2/c1-2-21(27)26-19-6-4-3-5-16(19)15-20(26)22(28)25-13-11-24(12-14-25)18-9-7-17(23)8-10-18/h3-10,20H,2,11-15H2,1H3. The minimum absolute atomic E-state index is 0.00287. The summed E-state index contributed by atoms with van der Waals surface area (Å²) < 4.78 is 0. The molecule has 2 amide bonds. The molecule has 6 heteroatoms. The van der Waals surface area contributed by atoms with Crippen molar-refractivity contribution in [1.29, 1.82) is 0 Å². The van der Waals surface area contributed by atoms with Crippen LogP contribution in [-0.2, 0) is 16.0 Å². The van der Waals surface area contributed by atoms with Gasteiger partial charge in [-0.3, -0.25) is 14.5 Å². The molecule has 5 nitrogen and oxygen atoms in total. The number of benzene rings is 2. The Morgan fingerprint density at radius 1 is 1.00 bits per heavy atom. The van der Waals surface area contributed by atoms with Gasteiger partial charge in [0.25, 0.3) is 0 Å². The molecule has 2 aromatic rings. The van der Waals surface area contributed by atoms with E-state index in [-0.39, 0.29) is 11.8 Å². The van der Waals surface area contributed by atoms with Crippen LogP contribution in [-0.4, -0.2) is 48.9 Å². The molecule has 1 unspecified atom stereocenters. The quantitative estimate of drug-likeness (QED) is 0.797. The van der Waals surface area contributed by atoms with E-state index in [0.717, 1.165) is 35.1 Å². The average molecular weight is 398 g/mol. The van der Waals surface area contributed by atoms with E-state index >= 15 is 0 Å². The SMILES string of the molecule is CCC(=O)N1c2ccccc2CC1C(=O)N1CCN(c2ccc(Cl)cc2)CC1. The number of amides is 2. The summed E-state index contributed by atoms with van der Waals surface area (Å²) >= 11 is 5.97. The van der Waals surface area contributed by atoms with Crippen molar-refractivity contribution in [2.24, 2.45) is 0 Å². The van der Waals surface area contributed by atoms with E-state index in [9.17, 15) is 9.59 Å². The molecule has 2 heterocycles. The molecule has 0 aromatic heterocycles. The highest BCUT2D eigenvalue weighted by molar-refractivity contribution is 6.30. The van der Waals surface area contributed by atoms with Crippen molar-refractivity contribution in [1.82, 2.24) is 4.90 Å². The lowest BCUT2D eigenvalue weighted by Gasteiger charge is -2.38. The van der Waals surface area contributed by atoms with E-state index in [1.54, 1.807) is 4.90 Å². The van der Waals surface area contributed by atoms with Crippen LogP contribution in [0.15, 0.2) is 48.5 Å². The van der Waals surface area contributed by atoms with E-state index in [1.807, 2.05) is 60.4 Å². The normalized spacial score (nSPS) is 18.9. The first kappa shape index (κ1) is 18.8. The lowest BCUT2D eigenvalue weighted by atomic mass is 10.1. The Kier molecular flexibility index (Phi) is 5.27. The van der Waals surface area contributed by atoms with Gasteiger partial charge in [-0.25, -0.2) is 0 Å². The Hall–Kier alpha value is -2.53. The van der Waals surface area contributed by atoms with Crippen LogP contribution in [0.4, 0.5) is 11.4 Å². The zero-order valence-corrected chi connectivity index (χ0v) is 16.7. The molecule has 2 aromatic carbocycles. The second-order valence-corrected chi connectivity index (χ2v) is 7.69. The Morgan fingerprint density at radius 2 is 1.68 bits per heavy atom. The number of rotatable bonds is 3. The lowest BCUT2D eigenvalue weighted by Crippen LogP contribution is -2.55. The fourth-order valence-electron chi connectivity index (χ4n) is 4.11. The third-order valence-electron chi connectivity index (χ3n) is 5.62. The third kappa shape index (κ3) is 3.47. The van der Waals surface area contributed by atoms with Crippen LogP contribution in [0.25, 0.3) is 0 Å². The Labute approximate surface area is 170 Å². The smallest absolute Gasteiger partial charge is 0.246 e. The van der Waals surface area contributed by atoms with Crippen molar-refractivity contribution >= 4 is 34.8 Å². The number of halogens is 1. The molecule has 0 aliphatic carbocycles. The molecule has 0 spiro atoms. The molecule has 1 atom stereocenters. The Bertz CT molecular complexity index is 876. The van der Waals surface area contributed by atoms with Gasteiger partial charge in [0.05, 0.1) is 0 Å². The van der Waals surface area contributed by atoms with Gasteiger partial charge in [-0.1, -0.05) is 36.7 Å². The first-order valence-electron chi connectivity index (χ1n) is 9.77. The summed E-state index contributed by atoms with van der Waals surface area (Å²) in [5.41, 5.74) is 3.07. The van der Waals surface area contributed by atoms with Crippen molar-refractivity contribution in [3.63, 3.8) is 0 Å². The second kappa shape index (κ2) is 7.84. The predicted molar refractivity (Wildman–Crippen MR) is 112 cm³/mol. The van der Waals surface area contributed by atoms with Crippen molar-refractivity contribution in [3.8, 4) is 0 Å². The number of hydrogen-bond donors (Lipinski definition) is 0. The summed E-state index contributed by atoms with van der Waals surface area (Å²) in [6.45, 7) is 4.70. The molecule has 0 bridgehead atoms. The minimum Gasteiger partial charge on any atom is -0.368 e. The second-order valence-electron chi connectivity index (χ2n) is 7.25. The monoisotopic (exact) mass is 397 g/mol. The van der Waals surface area contributed by atoms with Gasteiger partial charge >= 0.3 is 0 Å². The fourth-order valence-corrected chi connectivity index (χ4v) is 4.24. The minimum atomic E-state index is -0.424. The van der Waals surface area contributed by atoms with E-state index in [1.165, 1.54) is 0 Å². The van der Waals surface area contributed by atoms with Crippen LogP contribution in [0.2, 0.25) is 5.02 Å². The maximum atomic E-state index is 13.3. The molecular formula is C22H24ClN3O2. The molecule has 146 valence electrons. The molecule has 0 saturated carbocycles. The Balaban J connectivity index is 1.46. The third-order valence-corrected chi connectivity index (χ3v) is 5.87. The molecule has 0 N–H and O–H groups in total. The molecule has 1 fully saturated rings. The van der Waals surface area contributed by atoms with Gasteiger partial charge < -0.3 is 9.80 Å². The number of fused-ring (bicyclic) bond motifs is 1. The van der Waals surface area contributed by atoms with Gasteiger partial charge in [0.1, 0.15) is 6.04 Å². The van der Waals surface area contributed by atoms with E-state index < -0.39 is 6.04 Å². The van der Waals surface area contributed by atoms with Crippen LogP contribution in [0.1, 0.15) is 18.9 Å². The van der Waals surface area contributed by atoms with Gasteiger partial charge in [0.15, 0.2) is 0 Å². The summed E-state index contributed by atoms with van der Waals surface area (Å²) in [6.07, 6.45) is 0.987. The van der Waals surface area contributed by atoms with Crippen molar-refractivity contribution in [2.75, 3.05) is 36.0 Å². The van der Waals surface area contributed by atoms with E-state index in [4.69, 9.17) is 11.6 Å². The maximum absolute atomic E-state index is 13.3. The predicted octanol–water partition coefficient (Wildman–Crippen LogP) is 3.36. The highest BCUT2D eigenvalue weighted by Gasteiger charge is 2.40. The number of carbonyl (C=O) groups excluding carboxylic acids is 2. The molecule has 2 aliphatic heterocycles. The van der Waals surface area contributed by atoms with Crippen LogP contribution < -0.4 is 9.80 Å². The highest BCUT2D eigenvalue weighted by atomic mass is 35.5. The lowest BCUT2D eigenvalue weighted by molar-refractivity contribution is -0.134. The van der Waals surface area contributed by atoms with Gasteiger partial charge in [0, 0.05) is 55.4 Å². The van der Waals surface area contributed by atoms with Crippen molar-refractivity contribution in [2.45, 2.75) is 25.8 Å². The summed E-state index contributed by atoms with van der Waals surface area (Å²) in [5.74, 6) is 0.0526. The van der Waals surface area contributed by atoms with E-state index in [2.05, 4.69) is 4.90 Å². The average Bonchev–Trinajstić information content (AvgIpc) is 3.13. The van der Waals surface area contributed by atoms with Crippen LogP contribution >= 0.6 is 11.6 Å². The zero-order chi connectivity index (χ0) is 19.7. The Morgan fingerprint density at radius 3 is 2.36 bits per heavy atom. The number of nitrogens with zero attached hydrogens (tertiary/aromatic N) is 3. The molecule has 4 rings (SSSR count). The molecule has 28 heavy (non-hydrogen) atoms. The van der Waals surface area contributed by atoms with Gasteiger partial charge in [0.2, 0.25) is 11.8 Å². The zero-order valence-electron chi connectivity index (χ0n) is 16.0. The molecule has 1 saturated heterocycles. The van der Waals surface area contributed by atoms with Gasteiger partial charge in [-0.15, -0.1) is 0 Å². The number of para-hydroxylation sites is 1. The number of carbonyl (C=O) groups is 2. The summed E-state index contributed by atoms with van der Waals surface area (Å²) in [4.78, 5) is 31.7. The summed E-state index contributed by atoms with van der Waals surface area (Å²) in [6, 6.07) is 15.2. The van der Waals surface area contributed by atoms with E-state index in [0.29, 0.717) is 25.9 Å². The van der Waals surface area contributed by atoms with Gasteiger partial charge in [-0.2, -0.15) is 0 Å². The first-order chi connectivity index (χ1) is 13.6. The number of anilines is 2. The molecular weight excluding hydrogens is 374 g/mol. The first-order valence-corrected chi connectivity index (χ1v) is 10.2. The molecule has 0 radical (unpaired) electrons. The summed E-state index contributed by atoms with van der Waals surface area (Å²) in [5, 5.41) is 0.721. The molecule has 2 aliphatic rings. The van der Waals surface area contributed by atoms with Crippen LogP contribution in [0.5, 0.6) is 0 Å². The van der Waals surface area contributed by atoms with Crippen molar-refractivity contribution < 1.29 is 9.59 Å². The van der Waals surface area contributed by atoms with Crippen molar-refractivity contribution in [3.05, 3.63) is 59.1 Å². The highest BCUT2D eigenvalue weighted by Crippen LogP contribution is 2.33.